The van der Waals surface area contributed by atoms with E-state index in [4.69, 9.17) is 0 Å². The lowest BCUT2D eigenvalue weighted by molar-refractivity contribution is -0.141. The predicted octanol–water partition coefficient (Wildman–Crippen LogP) is -0.383. The number of carbonyl (C=O) groups excluding carboxylic acids is 2. The zero-order valence-corrected chi connectivity index (χ0v) is 9.00. The van der Waals surface area contributed by atoms with Crippen LogP contribution in [0, 0.1) is 0 Å². The molecule has 0 bridgehead atoms. The van der Waals surface area contributed by atoms with E-state index in [1.165, 1.54) is 7.11 Å². The van der Waals surface area contributed by atoms with Crippen LogP contribution < -0.4 is 5.32 Å². The number of hydrogen-bond acceptors (Lipinski definition) is 4. The molecule has 0 atom stereocenters. The Morgan fingerprint density at radius 3 is 2.50 bits per heavy atom. The molecular weight excluding hydrogens is 184 g/mol. The van der Waals surface area contributed by atoms with Gasteiger partial charge < -0.3 is 15.0 Å². The summed E-state index contributed by atoms with van der Waals surface area (Å²) in [6, 6.07) is 0. The van der Waals surface area contributed by atoms with E-state index in [9.17, 15) is 9.59 Å². The third-order valence-corrected chi connectivity index (χ3v) is 1.88. The molecule has 0 aliphatic rings. The molecule has 1 amide bonds. The van der Waals surface area contributed by atoms with Crippen LogP contribution in [-0.2, 0) is 14.3 Å². The van der Waals surface area contributed by atoms with Crippen LogP contribution in [0.5, 0.6) is 0 Å². The van der Waals surface area contributed by atoms with Crippen molar-refractivity contribution in [2.45, 2.75) is 13.3 Å². The van der Waals surface area contributed by atoms with Crippen molar-refractivity contribution in [3.63, 3.8) is 0 Å². The first-order valence-electron chi connectivity index (χ1n) is 4.64. The number of esters is 1. The van der Waals surface area contributed by atoms with Gasteiger partial charge in [0.25, 0.3) is 0 Å². The summed E-state index contributed by atoms with van der Waals surface area (Å²) in [5, 5.41) is 2.78. The number of amides is 1. The lowest BCUT2D eigenvalue weighted by Gasteiger charge is -2.19. The standard InChI is InChI=1S/C9H18N2O3/c1-4-11(8(12)7-10-2)6-5-9(13)14-3/h10H,4-7H2,1-3H3. The maximum absolute atomic E-state index is 11.4. The quantitative estimate of drug-likeness (QED) is 0.596. The summed E-state index contributed by atoms with van der Waals surface area (Å²) in [4.78, 5) is 23.8. The fourth-order valence-corrected chi connectivity index (χ4v) is 1.05. The molecule has 0 unspecified atom stereocenters. The number of ether oxygens (including phenoxy) is 1. The van der Waals surface area contributed by atoms with Gasteiger partial charge in [-0.05, 0) is 14.0 Å². The molecule has 0 aromatic rings. The number of rotatable bonds is 6. The molecule has 1 N–H and O–H groups in total. The molecule has 0 fully saturated rings. The summed E-state index contributed by atoms with van der Waals surface area (Å²) in [5.74, 6) is -0.292. The number of likely N-dealkylation sites (N-methyl/N-ethyl adjacent to an activating group) is 2. The number of nitrogens with zero attached hydrogens (tertiary/aromatic N) is 1. The molecule has 0 saturated carbocycles. The van der Waals surface area contributed by atoms with E-state index in [0.717, 1.165) is 0 Å². The highest BCUT2D eigenvalue weighted by Gasteiger charge is 2.11. The molecule has 0 saturated heterocycles. The minimum Gasteiger partial charge on any atom is -0.469 e. The van der Waals surface area contributed by atoms with E-state index in [1.54, 1.807) is 11.9 Å². The minimum absolute atomic E-state index is 0.00102. The monoisotopic (exact) mass is 202 g/mol. The summed E-state index contributed by atoms with van der Waals surface area (Å²) < 4.78 is 4.49. The largest absolute Gasteiger partial charge is 0.469 e. The van der Waals surface area contributed by atoms with Crippen LogP contribution in [0.25, 0.3) is 0 Å². The Balaban J connectivity index is 3.90. The molecule has 14 heavy (non-hydrogen) atoms. The normalized spacial score (nSPS) is 9.64. The maximum Gasteiger partial charge on any atom is 0.307 e. The highest BCUT2D eigenvalue weighted by atomic mass is 16.5. The number of hydrogen-bond donors (Lipinski definition) is 1. The Morgan fingerprint density at radius 2 is 2.07 bits per heavy atom. The van der Waals surface area contributed by atoms with E-state index in [0.29, 0.717) is 19.6 Å². The third kappa shape index (κ3) is 4.81. The van der Waals surface area contributed by atoms with E-state index in [1.807, 2.05) is 6.92 Å². The van der Waals surface area contributed by atoms with E-state index < -0.39 is 0 Å². The number of nitrogens with one attached hydrogen (secondary N) is 1. The molecule has 0 rings (SSSR count). The van der Waals surface area contributed by atoms with Crippen LogP contribution in [0.1, 0.15) is 13.3 Å². The summed E-state index contributed by atoms with van der Waals surface area (Å²) in [6.45, 7) is 3.21. The van der Waals surface area contributed by atoms with Crippen molar-refractivity contribution in [1.29, 1.82) is 0 Å². The van der Waals surface area contributed by atoms with Crippen LogP contribution in [0.3, 0.4) is 0 Å². The lowest BCUT2D eigenvalue weighted by atomic mass is 10.3. The van der Waals surface area contributed by atoms with Crippen LogP contribution in [0.4, 0.5) is 0 Å². The van der Waals surface area contributed by atoms with Gasteiger partial charge in [0.2, 0.25) is 5.91 Å². The van der Waals surface area contributed by atoms with Crippen molar-refractivity contribution in [3.8, 4) is 0 Å². The predicted molar refractivity (Wildman–Crippen MR) is 52.8 cm³/mol. The lowest BCUT2D eigenvalue weighted by Crippen LogP contribution is -2.38. The molecule has 0 spiro atoms. The Hall–Kier alpha value is -1.10. The Labute approximate surface area is 84.4 Å². The van der Waals surface area contributed by atoms with E-state index in [2.05, 4.69) is 10.1 Å². The molecule has 0 aromatic heterocycles. The van der Waals surface area contributed by atoms with Crippen molar-refractivity contribution in [3.05, 3.63) is 0 Å². The molecule has 0 aliphatic heterocycles. The SMILES string of the molecule is CCN(CCC(=O)OC)C(=O)CNC. The molecule has 0 heterocycles. The van der Waals surface area contributed by atoms with Crippen LogP contribution in [-0.4, -0.2) is 50.6 Å². The molecule has 0 aliphatic carbocycles. The van der Waals surface area contributed by atoms with Gasteiger partial charge in [0, 0.05) is 13.1 Å². The zero-order valence-electron chi connectivity index (χ0n) is 9.00. The van der Waals surface area contributed by atoms with Crippen molar-refractivity contribution in [1.82, 2.24) is 10.2 Å². The summed E-state index contributed by atoms with van der Waals surface area (Å²) >= 11 is 0. The van der Waals surface area contributed by atoms with Gasteiger partial charge >= 0.3 is 5.97 Å². The van der Waals surface area contributed by atoms with Gasteiger partial charge in [-0.15, -0.1) is 0 Å². The number of methoxy groups -OCH3 is 1. The van der Waals surface area contributed by atoms with Crippen molar-refractivity contribution < 1.29 is 14.3 Å². The van der Waals surface area contributed by atoms with Gasteiger partial charge in [-0.1, -0.05) is 0 Å². The number of carbonyl (C=O) groups is 2. The van der Waals surface area contributed by atoms with Crippen LogP contribution >= 0.6 is 0 Å². The summed E-state index contributed by atoms with van der Waals surface area (Å²) in [7, 11) is 3.06. The van der Waals surface area contributed by atoms with Crippen LogP contribution in [0.15, 0.2) is 0 Å². The Bertz CT molecular complexity index is 194. The maximum atomic E-state index is 11.4. The molecular formula is C9H18N2O3. The zero-order chi connectivity index (χ0) is 11.0. The summed E-state index contributed by atoms with van der Waals surface area (Å²) in [6.07, 6.45) is 0.250. The van der Waals surface area contributed by atoms with Crippen molar-refractivity contribution >= 4 is 11.9 Å². The van der Waals surface area contributed by atoms with Gasteiger partial charge in [0.05, 0.1) is 20.1 Å². The van der Waals surface area contributed by atoms with Gasteiger partial charge in [-0.3, -0.25) is 9.59 Å². The molecule has 0 aromatic carbocycles. The van der Waals surface area contributed by atoms with Gasteiger partial charge in [-0.25, -0.2) is 0 Å². The smallest absolute Gasteiger partial charge is 0.307 e. The Kier molecular flexibility index (Phi) is 6.74. The second-order valence-corrected chi connectivity index (χ2v) is 2.83. The first-order chi connectivity index (χ1) is 6.65. The Morgan fingerprint density at radius 1 is 1.43 bits per heavy atom. The van der Waals surface area contributed by atoms with Crippen molar-refractivity contribution in [2.24, 2.45) is 0 Å². The topological polar surface area (TPSA) is 58.6 Å². The fraction of sp³-hybridized carbons (Fsp3) is 0.778. The average Bonchev–Trinajstić information content (AvgIpc) is 2.18. The van der Waals surface area contributed by atoms with Gasteiger partial charge in [0.15, 0.2) is 0 Å². The molecule has 5 nitrogen and oxygen atoms in total. The molecule has 0 radical (unpaired) electrons. The molecule has 5 heteroatoms. The van der Waals surface area contributed by atoms with Crippen LogP contribution in [0.2, 0.25) is 0 Å². The first-order valence-corrected chi connectivity index (χ1v) is 4.64. The van der Waals surface area contributed by atoms with E-state index in [-0.39, 0.29) is 18.3 Å². The van der Waals surface area contributed by atoms with Gasteiger partial charge in [-0.2, -0.15) is 0 Å². The minimum atomic E-state index is -0.291. The van der Waals surface area contributed by atoms with E-state index >= 15 is 0 Å². The highest BCUT2D eigenvalue weighted by Crippen LogP contribution is 1.93. The third-order valence-electron chi connectivity index (χ3n) is 1.88. The fourth-order valence-electron chi connectivity index (χ4n) is 1.05. The second-order valence-electron chi connectivity index (χ2n) is 2.83. The first kappa shape index (κ1) is 12.9. The van der Waals surface area contributed by atoms with Crippen molar-refractivity contribution in [2.75, 3.05) is 33.8 Å². The molecule has 82 valence electrons. The summed E-state index contributed by atoms with van der Waals surface area (Å²) in [5.41, 5.74) is 0. The average molecular weight is 202 g/mol. The van der Waals surface area contributed by atoms with Gasteiger partial charge in [0.1, 0.15) is 0 Å². The second kappa shape index (κ2) is 7.32. The highest BCUT2D eigenvalue weighted by molar-refractivity contribution is 5.79.